The van der Waals surface area contributed by atoms with Gasteiger partial charge in [0.2, 0.25) is 15.9 Å². The Balaban J connectivity index is 1.35. The van der Waals surface area contributed by atoms with E-state index in [1.807, 2.05) is 42.6 Å². The maximum atomic E-state index is 12.9. The van der Waals surface area contributed by atoms with Gasteiger partial charge in [-0.05, 0) is 54.7 Å². The number of likely N-dealkylation sites (tertiary alicyclic amines) is 1. The molecule has 3 heterocycles. The zero-order valence-corrected chi connectivity index (χ0v) is 20.5. The van der Waals surface area contributed by atoms with Gasteiger partial charge in [-0.1, -0.05) is 18.2 Å². The molecular formula is C26H29N3O5S. The van der Waals surface area contributed by atoms with E-state index in [0.717, 1.165) is 53.6 Å². The minimum Gasteiger partial charge on any atom is -0.486 e. The lowest BCUT2D eigenvalue weighted by molar-refractivity contribution is 0.0941. The van der Waals surface area contributed by atoms with E-state index < -0.39 is 10.0 Å². The molecule has 2 aliphatic heterocycles. The van der Waals surface area contributed by atoms with Crippen LogP contribution < -0.4 is 14.2 Å². The summed E-state index contributed by atoms with van der Waals surface area (Å²) < 4.78 is 41.9. The summed E-state index contributed by atoms with van der Waals surface area (Å²) >= 11 is 0. The number of benzene rings is 2. The quantitative estimate of drug-likeness (QED) is 0.563. The zero-order valence-electron chi connectivity index (χ0n) is 19.6. The number of nitrogens with zero attached hydrogens (tertiary/aromatic N) is 2. The van der Waals surface area contributed by atoms with Crippen molar-refractivity contribution in [3.8, 4) is 11.5 Å². The summed E-state index contributed by atoms with van der Waals surface area (Å²) in [7, 11) is -3.34. The highest BCUT2D eigenvalue weighted by Gasteiger charge is 2.42. The molecule has 2 unspecified atom stereocenters. The minimum absolute atomic E-state index is 0.0259. The highest BCUT2D eigenvalue weighted by molar-refractivity contribution is 7.90. The zero-order chi connectivity index (χ0) is 24.2. The van der Waals surface area contributed by atoms with Crippen molar-refractivity contribution in [2.45, 2.75) is 50.1 Å². The average molecular weight is 496 g/mol. The Kier molecular flexibility index (Phi) is 5.58. The Hall–Kier alpha value is -2.88. The smallest absolute Gasteiger partial charge is 0.227 e. The van der Waals surface area contributed by atoms with Crippen LogP contribution in [0.25, 0.3) is 10.9 Å². The Morgan fingerprint density at radius 3 is 2.63 bits per heavy atom. The van der Waals surface area contributed by atoms with Crippen LogP contribution in [0.2, 0.25) is 0 Å². The predicted molar refractivity (Wildman–Crippen MR) is 132 cm³/mol. The van der Waals surface area contributed by atoms with Crippen LogP contribution in [0.4, 0.5) is 0 Å². The normalized spacial score (nSPS) is 22.5. The third kappa shape index (κ3) is 4.22. The van der Waals surface area contributed by atoms with Gasteiger partial charge in [0, 0.05) is 37.6 Å². The van der Waals surface area contributed by atoms with Crippen molar-refractivity contribution in [1.82, 2.24) is 14.2 Å². The van der Waals surface area contributed by atoms with E-state index in [9.17, 15) is 13.2 Å². The van der Waals surface area contributed by atoms with E-state index in [4.69, 9.17) is 9.47 Å². The van der Waals surface area contributed by atoms with E-state index in [1.165, 1.54) is 0 Å². The van der Waals surface area contributed by atoms with Crippen molar-refractivity contribution in [2.24, 2.45) is 0 Å². The monoisotopic (exact) mass is 495 g/mol. The summed E-state index contributed by atoms with van der Waals surface area (Å²) in [6.45, 7) is 3.97. The summed E-state index contributed by atoms with van der Waals surface area (Å²) in [5.74, 6) is 1.39. The maximum Gasteiger partial charge on any atom is 0.227 e. The van der Waals surface area contributed by atoms with Crippen LogP contribution in [0.3, 0.4) is 0 Å². The highest BCUT2D eigenvalue weighted by atomic mass is 32.2. The SMILES string of the molecule is CC(=O)n1ccc2c(CN3CCC(NS(=O)(=O)C4CC4)C3c3ccc4c(c3)OCCO4)cccc21. The molecule has 1 N–H and O–H groups in total. The molecule has 1 saturated carbocycles. The molecule has 6 rings (SSSR count). The number of fused-ring (bicyclic) bond motifs is 2. The van der Waals surface area contributed by atoms with Gasteiger partial charge in [-0.25, -0.2) is 13.1 Å². The molecule has 0 bridgehead atoms. The summed E-state index contributed by atoms with van der Waals surface area (Å²) in [6, 6.07) is 13.5. The first kappa shape index (κ1) is 22.6. The molecule has 0 spiro atoms. The van der Waals surface area contributed by atoms with Gasteiger partial charge in [0.25, 0.3) is 0 Å². The van der Waals surface area contributed by atoms with Crippen LogP contribution >= 0.6 is 0 Å². The minimum atomic E-state index is -3.34. The summed E-state index contributed by atoms with van der Waals surface area (Å²) in [5.41, 5.74) is 3.00. The molecule has 2 fully saturated rings. The Morgan fingerprint density at radius 1 is 1.06 bits per heavy atom. The number of carbonyl (C=O) groups excluding carboxylic acids is 1. The fourth-order valence-electron chi connectivity index (χ4n) is 5.39. The van der Waals surface area contributed by atoms with E-state index in [1.54, 1.807) is 11.5 Å². The van der Waals surface area contributed by atoms with Crippen molar-refractivity contribution < 1.29 is 22.7 Å². The van der Waals surface area contributed by atoms with Gasteiger partial charge in [0.15, 0.2) is 11.5 Å². The topological polar surface area (TPSA) is 89.9 Å². The number of rotatable bonds is 6. The number of sulfonamides is 1. The third-order valence-corrected chi connectivity index (χ3v) is 9.20. The second kappa shape index (κ2) is 8.65. The van der Waals surface area contributed by atoms with Crippen molar-refractivity contribution in [3.63, 3.8) is 0 Å². The standard InChI is InChI=1S/C26H29N3O5S/c1-17(30)29-12-9-21-19(3-2-4-23(21)29)16-28-11-10-22(27-35(31,32)20-6-7-20)26(28)18-5-8-24-25(15-18)34-14-13-33-24/h2-5,8-9,12,15,20,22,26-27H,6-7,10-11,13-14,16H2,1H3. The largest absolute Gasteiger partial charge is 0.486 e. The second-order valence-corrected chi connectivity index (χ2v) is 11.6. The van der Waals surface area contributed by atoms with E-state index in [2.05, 4.69) is 15.7 Å². The molecule has 1 aromatic heterocycles. The first-order valence-electron chi connectivity index (χ1n) is 12.2. The molecule has 35 heavy (non-hydrogen) atoms. The lowest BCUT2D eigenvalue weighted by Crippen LogP contribution is -2.41. The molecule has 0 amide bonds. The van der Waals surface area contributed by atoms with Gasteiger partial charge in [-0.2, -0.15) is 0 Å². The van der Waals surface area contributed by atoms with Gasteiger partial charge in [-0.15, -0.1) is 0 Å². The highest BCUT2D eigenvalue weighted by Crippen LogP contribution is 2.40. The molecule has 1 saturated heterocycles. The molecule has 9 heteroatoms. The molecule has 1 aliphatic carbocycles. The lowest BCUT2D eigenvalue weighted by Gasteiger charge is -2.30. The first-order valence-corrected chi connectivity index (χ1v) is 13.7. The van der Waals surface area contributed by atoms with Crippen LogP contribution in [0, 0.1) is 0 Å². The maximum absolute atomic E-state index is 12.9. The number of hydrogen-bond acceptors (Lipinski definition) is 6. The number of nitrogens with one attached hydrogen (secondary N) is 1. The summed E-state index contributed by atoms with van der Waals surface area (Å²) in [4.78, 5) is 14.4. The fourth-order valence-corrected chi connectivity index (χ4v) is 7.01. The van der Waals surface area contributed by atoms with Crippen LogP contribution in [0.5, 0.6) is 11.5 Å². The van der Waals surface area contributed by atoms with Crippen molar-refractivity contribution >= 4 is 26.8 Å². The van der Waals surface area contributed by atoms with E-state index in [-0.39, 0.29) is 23.2 Å². The number of carbonyl (C=O) groups is 1. The fraction of sp³-hybridized carbons (Fsp3) is 0.423. The average Bonchev–Trinajstić information content (AvgIpc) is 3.52. The Morgan fingerprint density at radius 2 is 1.86 bits per heavy atom. The summed E-state index contributed by atoms with van der Waals surface area (Å²) in [5, 5.41) is 0.767. The van der Waals surface area contributed by atoms with Crippen LogP contribution in [0.1, 0.15) is 48.1 Å². The van der Waals surface area contributed by atoms with Crippen molar-refractivity contribution in [3.05, 3.63) is 59.8 Å². The molecular weight excluding hydrogens is 466 g/mol. The van der Waals surface area contributed by atoms with Crippen LogP contribution in [-0.2, 0) is 16.6 Å². The number of aromatic nitrogens is 1. The van der Waals surface area contributed by atoms with Crippen molar-refractivity contribution in [2.75, 3.05) is 19.8 Å². The van der Waals surface area contributed by atoms with Gasteiger partial charge in [0.1, 0.15) is 13.2 Å². The Bertz CT molecular complexity index is 1400. The van der Waals surface area contributed by atoms with Gasteiger partial charge in [0.05, 0.1) is 16.8 Å². The number of ether oxygens (including phenoxy) is 2. The lowest BCUT2D eigenvalue weighted by atomic mass is 9.99. The molecule has 8 nitrogen and oxygen atoms in total. The third-order valence-electron chi connectivity index (χ3n) is 7.22. The van der Waals surface area contributed by atoms with Crippen molar-refractivity contribution in [1.29, 1.82) is 0 Å². The van der Waals surface area contributed by atoms with Gasteiger partial charge < -0.3 is 9.47 Å². The van der Waals surface area contributed by atoms with Gasteiger partial charge >= 0.3 is 0 Å². The van der Waals surface area contributed by atoms with E-state index in [0.29, 0.717) is 25.5 Å². The first-order chi connectivity index (χ1) is 16.9. The molecule has 184 valence electrons. The van der Waals surface area contributed by atoms with Crippen LogP contribution in [0.15, 0.2) is 48.7 Å². The Labute approximate surface area is 204 Å². The molecule has 0 radical (unpaired) electrons. The predicted octanol–water partition coefficient (Wildman–Crippen LogP) is 3.47. The number of hydrogen-bond donors (Lipinski definition) is 1. The molecule has 3 aliphatic rings. The summed E-state index contributed by atoms with van der Waals surface area (Å²) in [6.07, 6.45) is 3.99. The molecule has 2 aromatic carbocycles. The molecule has 3 aromatic rings. The molecule has 2 atom stereocenters. The van der Waals surface area contributed by atoms with Gasteiger partial charge in [-0.3, -0.25) is 14.3 Å². The van der Waals surface area contributed by atoms with Crippen LogP contribution in [-0.4, -0.2) is 54.8 Å². The van der Waals surface area contributed by atoms with E-state index >= 15 is 0 Å². The second-order valence-electron chi connectivity index (χ2n) is 9.63.